The van der Waals surface area contributed by atoms with Crippen molar-refractivity contribution >= 4 is 23.2 Å². The van der Waals surface area contributed by atoms with Crippen molar-refractivity contribution in [2.24, 2.45) is 0 Å². The molecule has 1 aliphatic rings. The predicted molar refractivity (Wildman–Crippen MR) is 139 cm³/mol. The van der Waals surface area contributed by atoms with E-state index < -0.39 is 6.10 Å². The molecule has 1 aliphatic heterocycles. The Hall–Kier alpha value is -2.99. The van der Waals surface area contributed by atoms with E-state index in [1.807, 2.05) is 0 Å². The van der Waals surface area contributed by atoms with Crippen molar-refractivity contribution in [2.45, 2.75) is 44.9 Å². The van der Waals surface area contributed by atoms with Crippen molar-refractivity contribution in [3.63, 3.8) is 0 Å². The van der Waals surface area contributed by atoms with Gasteiger partial charge >= 0.3 is 0 Å². The average molecular weight is 518 g/mol. The first kappa shape index (κ1) is 27.6. The molecule has 0 radical (unpaired) electrons. The standard InChI is InChI=1S/C27H33ClFN3O4/c1-4-6-18(2)36-25-16-23(30)22(28)15-21(25)27(33)31-24-11-13-32(17-26(24)34-3)12-5-14-35-20-9-7-19(29)8-10-20/h7-10,15-16,18,24,26H,5,11-14,17,30H2,1-3H3,(H,31,33)/t18-,24-,26+/m0/s1. The van der Waals surface area contributed by atoms with Crippen LogP contribution >= 0.6 is 11.6 Å². The number of halogens is 2. The Balaban J connectivity index is 1.55. The van der Waals surface area contributed by atoms with Gasteiger partial charge in [-0.15, -0.1) is 5.92 Å². The molecule has 9 heteroatoms. The number of nitrogens with one attached hydrogen (secondary N) is 1. The zero-order valence-electron chi connectivity index (χ0n) is 20.9. The monoisotopic (exact) mass is 517 g/mol. The third-order valence-corrected chi connectivity index (χ3v) is 6.29. The van der Waals surface area contributed by atoms with E-state index >= 15 is 0 Å². The van der Waals surface area contributed by atoms with Gasteiger partial charge in [0.2, 0.25) is 0 Å². The smallest absolute Gasteiger partial charge is 0.255 e. The van der Waals surface area contributed by atoms with Crippen LogP contribution in [0.5, 0.6) is 11.5 Å². The van der Waals surface area contributed by atoms with Crippen LogP contribution in [0.15, 0.2) is 36.4 Å². The molecule has 0 unspecified atom stereocenters. The number of piperidine rings is 1. The summed E-state index contributed by atoms with van der Waals surface area (Å²) < 4.78 is 30.2. The zero-order valence-corrected chi connectivity index (χ0v) is 21.6. The van der Waals surface area contributed by atoms with E-state index in [4.69, 9.17) is 31.5 Å². The fraction of sp³-hybridized carbons (Fsp3) is 0.444. The van der Waals surface area contributed by atoms with Gasteiger partial charge in [-0.1, -0.05) is 17.5 Å². The van der Waals surface area contributed by atoms with E-state index in [-0.39, 0.29) is 28.9 Å². The van der Waals surface area contributed by atoms with Gasteiger partial charge in [-0.25, -0.2) is 4.39 Å². The van der Waals surface area contributed by atoms with Crippen molar-refractivity contribution in [1.29, 1.82) is 0 Å². The first-order valence-electron chi connectivity index (χ1n) is 11.9. The molecule has 1 fully saturated rings. The minimum atomic E-state index is -0.413. The summed E-state index contributed by atoms with van der Waals surface area (Å²) in [5.74, 6) is 6.08. The molecule has 0 aromatic heterocycles. The summed E-state index contributed by atoms with van der Waals surface area (Å²) in [4.78, 5) is 15.5. The van der Waals surface area contributed by atoms with Crippen LogP contribution in [0.4, 0.5) is 10.1 Å². The Morgan fingerprint density at radius 3 is 2.78 bits per heavy atom. The number of nitrogen functional groups attached to an aromatic ring is 1. The summed E-state index contributed by atoms with van der Waals surface area (Å²) in [5.41, 5.74) is 6.57. The maximum Gasteiger partial charge on any atom is 0.255 e. The van der Waals surface area contributed by atoms with E-state index in [2.05, 4.69) is 22.1 Å². The largest absolute Gasteiger partial charge is 0.494 e. The summed E-state index contributed by atoms with van der Waals surface area (Å²) in [6.45, 7) is 6.35. The van der Waals surface area contributed by atoms with Gasteiger partial charge in [-0.3, -0.25) is 4.79 Å². The quantitative estimate of drug-likeness (QED) is 0.280. The number of methoxy groups -OCH3 is 1. The number of anilines is 1. The van der Waals surface area contributed by atoms with Gasteiger partial charge in [0.15, 0.2) is 6.10 Å². The summed E-state index contributed by atoms with van der Waals surface area (Å²) in [6.07, 6.45) is 0.942. The molecule has 3 rings (SSSR count). The highest BCUT2D eigenvalue weighted by Gasteiger charge is 2.31. The lowest BCUT2D eigenvalue weighted by atomic mass is 10.0. The number of nitrogens with two attached hydrogens (primary N) is 1. The highest BCUT2D eigenvalue weighted by molar-refractivity contribution is 6.33. The molecule has 7 nitrogen and oxygen atoms in total. The van der Waals surface area contributed by atoms with Crippen LogP contribution in [0.1, 0.15) is 37.0 Å². The SMILES string of the molecule is CC#C[C@H](C)Oc1cc(N)c(Cl)cc1C(=O)N[C@H]1CCN(CCCOc2ccc(F)cc2)C[C@H]1OC. The number of carbonyl (C=O) groups excluding carboxylic acids is 1. The zero-order chi connectivity index (χ0) is 26.1. The summed E-state index contributed by atoms with van der Waals surface area (Å²) in [5, 5.41) is 3.36. The van der Waals surface area contributed by atoms with Crippen LogP contribution in [0.2, 0.25) is 5.02 Å². The molecule has 3 atom stereocenters. The number of amides is 1. The summed E-state index contributed by atoms with van der Waals surface area (Å²) in [7, 11) is 1.64. The number of hydrogen-bond donors (Lipinski definition) is 2. The molecule has 0 bridgehead atoms. The Labute approximate surface area is 217 Å². The third-order valence-electron chi connectivity index (χ3n) is 5.96. The Morgan fingerprint density at radius 2 is 2.08 bits per heavy atom. The lowest BCUT2D eigenvalue weighted by Gasteiger charge is -2.38. The maximum atomic E-state index is 13.2. The molecule has 194 valence electrons. The minimum Gasteiger partial charge on any atom is -0.494 e. The van der Waals surface area contributed by atoms with Gasteiger partial charge in [0, 0.05) is 32.8 Å². The van der Waals surface area contributed by atoms with Gasteiger partial charge in [0.1, 0.15) is 17.3 Å². The van der Waals surface area contributed by atoms with Gasteiger partial charge < -0.3 is 30.2 Å². The molecule has 2 aromatic carbocycles. The molecule has 2 aromatic rings. The number of ether oxygens (including phenoxy) is 3. The topological polar surface area (TPSA) is 86.0 Å². The molecule has 1 saturated heterocycles. The van der Waals surface area contributed by atoms with E-state index in [1.54, 1.807) is 39.2 Å². The van der Waals surface area contributed by atoms with Crippen molar-refractivity contribution in [3.8, 4) is 23.3 Å². The fourth-order valence-corrected chi connectivity index (χ4v) is 4.27. The van der Waals surface area contributed by atoms with Crippen molar-refractivity contribution in [3.05, 3.63) is 52.8 Å². The molecule has 36 heavy (non-hydrogen) atoms. The number of nitrogens with zero attached hydrogens (tertiary/aromatic N) is 1. The second kappa shape index (κ2) is 13.4. The van der Waals surface area contributed by atoms with E-state index in [0.717, 1.165) is 25.9 Å². The van der Waals surface area contributed by atoms with Gasteiger partial charge in [-0.2, -0.15) is 0 Å². The van der Waals surface area contributed by atoms with Crippen LogP contribution in [-0.4, -0.2) is 62.4 Å². The van der Waals surface area contributed by atoms with Gasteiger partial charge in [0.05, 0.1) is 35.0 Å². The molecule has 0 saturated carbocycles. The number of benzene rings is 2. The van der Waals surface area contributed by atoms with Crippen LogP contribution in [-0.2, 0) is 4.74 Å². The highest BCUT2D eigenvalue weighted by atomic mass is 35.5. The molecule has 1 amide bonds. The second-order valence-corrected chi connectivity index (χ2v) is 9.03. The Morgan fingerprint density at radius 1 is 1.33 bits per heavy atom. The molecular weight excluding hydrogens is 485 g/mol. The van der Waals surface area contributed by atoms with Gasteiger partial charge in [-0.05, 0) is 57.0 Å². The molecule has 1 heterocycles. The predicted octanol–water partition coefficient (Wildman–Crippen LogP) is 4.14. The number of hydrogen-bond acceptors (Lipinski definition) is 6. The molecule has 3 N–H and O–H groups in total. The first-order chi connectivity index (χ1) is 17.3. The molecule has 0 spiro atoms. The third kappa shape index (κ3) is 7.76. The van der Waals surface area contributed by atoms with Crippen LogP contribution in [0.25, 0.3) is 0 Å². The van der Waals surface area contributed by atoms with E-state index in [9.17, 15) is 9.18 Å². The van der Waals surface area contributed by atoms with Crippen LogP contribution in [0, 0.1) is 17.7 Å². The lowest BCUT2D eigenvalue weighted by molar-refractivity contribution is 0.00526. The lowest BCUT2D eigenvalue weighted by Crippen LogP contribution is -2.55. The molecule has 0 aliphatic carbocycles. The number of carbonyl (C=O) groups is 1. The number of rotatable bonds is 10. The highest BCUT2D eigenvalue weighted by Crippen LogP contribution is 2.30. The Bertz CT molecular complexity index is 1090. The van der Waals surface area contributed by atoms with E-state index in [0.29, 0.717) is 35.9 Å². The van der Waals surface area contributed by atoms with Crippen LogP contribution in [0.3, 0.4) is 0 Å². The van der Waals surface area contributed by atoms with Crippen LogP contribution < -0.4 is 20.5 Å². The first-order valence-corrected chi connectivity index (χ1v) is 12.3. The van der Waals surface area contributed by atoms with Crippen molar-refractivity contribution in [2.75, 3.05) is 39.1 Å². The fourth-order valence-electron chi connectivity index (χ4n) is 4.11. The second-order valence-electron chi connectivity index (χ2n) is 8.62. The van der Waals surface area contributed by atoms with E-state index in [1.165, 1.54) is 18.2 Å². The van der Waals surface area contributed by atoms with Crippen molar-refractivity contribution < 1.29 is 23.4 Å². The minimum absolute atomic E-state index is 0.175. The van der Waals surface area contributed by atoms with Crippen molar-refractivity contribution in [1.82, 2.24) is 10.2 Å². The average Bonchev–Trinajstić information content (AvgIpc) is 2.85. The summed E-state index contributed by atoms with van der Waals surface area (Å²) in [6, 6.07) is 8.89. The molecular formula is C27H33ClFN3O4. The van der Waals surface area contributed by atoms with Gasteiger partial charge in [0.25, 0.3) is 5.91 Å². The number of likely N-dealkylation sites (tertiary alicyclic amines) is 1. The maximum absolute atomic E-state index is 13.2. The Kier molecular flexibility index (Phi) is 10.2. The normalized spacial score (nSPS) is 18.6. The summed E-state index contributed by atoms with van der Waals surface area (Å²) >= 11 is 6.21.